The van der Waals surface area contributed by atoms with Gasteiger partial charge in [-0.2, -0.15) is 13.2 Å². The van der Waals surface area contributed by atoms with E-state index in [0.29, 0.717) is 22.0 Å². The quantitative estimate of drug-likeness (QED) is 0.260. The molecule has 2 aromatic carbocycles. The van der Waals surface area contributed by atoms with E-state index in [-0.39, 0.29) is 23.1 Å². The van der Waals surface area contributed by atoms with E-state index in [1.807, 2.05) is 0 Å². The number of ether oxygens (including phenoxy) is 2. The Morgan fingerprint density at radius 3 is 2.49 bits per heavy atom. The largest absolute Gasteiger partial charge is 0.481 e. The van der Waals surface area contributed by atoms with Gasteiger partial charge in [-0.25, -0.2) is 4.79 Å². The third kappa shape index (κ3) is 7.20. The summed E-state index contributed by atoms with van der Waals surface area (Å²) in [5, 5.41) is 5.59. The Kier molecular flexibility index (Phi) is 9.28. The predicted molar refractivity (Wildman–Crippen MR) is 151 cm³/mol. The first-order valence-electron chi connectivity index (χ1n) is 12.9. The minimum atomic E-state index is -4.60. The Morgan fingerprint density at radius 2 is 1.83 bits per heavy atom. The number of alkyl halides is 3. The molecule has 2 atom stereocenters. The molecule has 1 heterocycles. The third-order valence-corrected chi connectivity index (χ3v) is 8.07. The van der Waals surface area contributed by atoms with E-state index in [1.165, 1.54) is 42.5 Å². The number of carbonyl (C=O) groups excluding carboxylic acids is 3. The number of anilines is 2. The van der Waals surface area contributed by atoms with Crippen molar-refractivity contribution in [2.75, 3.05) is 17.2 Å². The molecule has 4 rings (SSSR count). The van der Waals surface area contributed by atoms with Crippen molar-refractivity contribution in [1.29, 1.82) is 0 Å². The number of nitrogens with one attached hydrogen (secondary N) is 2. The average molecular weight is 609 g/mol. The summed E-state index contributed by atoms with van der Waals surface area (Å²) < 4.78 is 49.9. The Bertz CT molecular complexity index is 1460. The van der Waals surface area contributed by atoms with Crippen LogP contribution in [0.5, 0.6) is 5.75 Å². The number of hydrogen-bond donors (Lipinski definition) is 2. The number of halogens is 4. The van der Waals surface area contributed by atoms with Crippen LogP contribution in [0.25, 0.3) is 0 Å². The number of esters is 1. The molecule has 2 amide bonds. The minimum absolute atomic E-state index is 0.0545. The summed E-state index contributed by atoms with van der Waals surface area (Å²) in [5.74, 6) is -0.863. The van der Waals surface area contributed by atoms with Crippen LogP contribution in [0.4, 0.5) is 23.9 Å². The minimum Gasteiger partial charge on any atom is -0.481 e. The zero-order valence-corrected chi connectivity index (χ0v) is 24.1. The molecule has 12 heteroatoms. The molecule has 1 aliphatic rings. The summed E-state index contributed by atoms with van der Waals surface area (Å²) in [6.07, 6.45) is -3.15. The molecule has 0 unspecified atom stereocenters. The van der Waals surface area contributed by atoms with E-state index in [4.69, 9.17) is 21.1 Å². The van der Waals surface area contributed by atoms with E-state index in [2.05, 4.69) is 17.6 Å². The maximum atomic E-state index is 13.0. The summed E-state index contributed by atoms with van der Waals surface area (Å²) >= 11 is 7.34. The van der Waals surface area contributed by atoms with Gasteiger partial charge in [0, 0.05) is 10.4 Å². The highest BCUT2D eigenvalue weighted by Crippen LogP contribution is 2.40. The van der Waals surface area contributed by atoms with Gasteiger partial charge in [-0.3, -0.25) is 9.59 Å². The van der Waals surface area contributed by atoms with Crippen LogP contribution in [0.1, 0.15) is 63.9 Å². The van der Waals surface area contributed by atoms with Crippen molar-refractivity contribution < 1.29 is 37.0 Å². The molecule has 1 aromatic heterocycles. The molecule has 0 saturated heterocycles. The lowest BCUT2D eigenvalue weighted by Gasteiger charge is -2.18. The van der Waals surface area contributed by atoms with Gasteiger partial charge in [0.2, 0.25) is 0 Å². The van der Waals surface area contributed by atoms with Crippen molar-refractivity contribution >= 4 is 51.4 Å². The average Bonchev–Trinajstić information content (AvgIpc) is 3.26. The molecular weight excluding hydrogens is 581 g/mol. The molecule has 41 heavy (non-hydrogen) atoms. The molecule has 0 bridgehead atoms. The van der Waals surface area contributed by atoms with E-state index >= 15 is 0 Å². The van der Waals surface area contributed by atoms with Crippen molar-refractivity contribution in [3.63, 3.8) is 0 Å². The van der Waals surface area contributed by atoms with Crippen molar-refractivity contribution in [2.45, 2.75) is 52.3 Å². The second-order valence-electron chi connectivity index (χ2n) is 9.70. The highest BCUT2D eigenvalue weighted by molar-refractivity contribution is 7.17. The molecule has 0 radical (unpaired) electrons. The fourth-order valence-electron chi connectivity index (χ4n) is 4.41. The SMILES string of the molecule is CCOC(=O)c1c(NC(=O)c2ccc(O[C@H](C)C(=O)Nc3cc(C(F)(F)F)ccc3Cl)cc2)sc2c1CC[C@@H](C)C2. The van der Waals surface area contributed by atoms with Crippen LogP contribution < -0.4 is 15.4 Å². The molecule has 2 N–H and O–H groups in total. The maximum Gasteiger partial charge on any atom is 0.416 e. The number of carbonyl (C=O) groups is 3. The predicted octanol–water partition coefficient (Wildman–Crippen LogP) is 7.38. The van der Waals surface area contributed by atoms with Gasteiger partial charge in [-0.15, -0.1) is 11.3 Å². The van der Waals surface area contributed by atoms with Crippen LogP contribution in [0.2, 0.25) is 5.02 Å². The second-order valence-corrected chi connectivity index (χ2v) is 11.2. The van der Waals surface area contributed by atoms with Gasteiger partial charge in [0.1, 0.15) is 10.8 Å². The molecule has 0 aliphatic heterocycles. The lowest BCUT2D eigenvalue weighted by Crippen LogP contribution is -2.30. The van der Waals surface area contributed by atoms with Crippen LogP contribution in [0.3, 0.4) is 0 Å². The zero-order valence-electron chi connectivity index (χ0n) is 22.5. The van der Waals surface area contributed by atoms with Gasteiger partial charge in [0.05, 0.1) is 28.4 Å². The van der Waals surface area contributed by atoms with Gasteiger partial charge in [0.25, 0.3) is 11.8 Å². The Labute approximate surface area is 244 Å². The van der Waals surface area contributed by atoms with Gasteiger partial charge >= 0.3 is 12.1 Å². The summed E-state index contributed by atoms with van der Waals surface area (Å²) in [6.45, 7) is 5.52. The lowest BCUT2D eigenvalue weighted by molar-refractivity contribution is -0.137. The molecule has 218 valence electrons. The van der Waals surface area contributed by atoms with Crippen LogP contribution in [0.15, 0.2) is 42.5 Å². The highest BCUT2D eigenvalue weighted by atomic mass is 35.5. The highest BCUT2D eigenvalue weighted by Gasteiger charge is 2.32. The van der Waals surface area contributed by atoms with Crippen LogP contribution in [-0.2, 0) is 28.5 Å². The summed E-state index contributed by atoms with van der Waals surface area (Å²) in [6, 6.07) is 8.60. The lowest BCUT2D eigenvalue weighted by atomic mass is 9.88. The molecule has 0 saturated carbocycles. The van der Waals surface area contributed by atoms with Crippen LogP contribution >= 0.6 is 22.9 Å². The van der Waals surface area contributed by atoms with Crippen LogP contribution in [-0.4, -0.2) is 30.5 Å². The number of benzene rings is 2. The van der Waals surface area contributed by atoms with E-state index in [0.717, 1.165) is 47.9 Å². The molecular formula is C29H28ClF3N2O5S. The number of rotatable bonds is 8. The topological polar surface area (TPSA) is 93.7 Å². The Morgan fingerprint density at radius 1 is 1.12 bits per heavy atom. The maximum absolute atomic E-state index is 13.0. The van der Waals surface area contributed by atoms with Crippen molar-refractivity contribution in [3.8, 4) is 5.75 Å². The third-order valence-electron chi connectivity index (χ3n) is 6.57. The smallest absolute Gasteiger partial charge is 0.416 e. The Hall–Kier alpha value is -3.57. The van der Waals surface area contributed by atoms with E-state index in [1.54, 1.807) is 6.92 Å². The standard InChI is InChI=1S/C29H28ClF3N2O5S/c1-4-39-28(38)24-20-11-5-15(2)13-23(20)41-27(24)35-26(37)17-6-9-19(10-7-17)40-16(3)25(36)34-22-14-18(29(31,32)33)8-12-21(22)30/h6-10,12,14-16H,4-5,11,13H2,1-3H3,(H,34,36)(H,35,37)/t15-,16-/m1/s1. The van der Waals surface area contributed by atoms with Gasteiger partial charge in [-0.05, 0) is 87.1 Å². The first-order chi connectivity index (χ1) is 19.4. The summed E-state index contributed by atoms with van der Waals surface area (Å²) in [4.78, 5) is 39.4. The molecule has 0 spiro atoms. The molecule has 0 fully saturated rings. The zero-order chi connectivity index (χ0) is 29.9. The number of thiophene rings is 1. The first-order valence-corrected chi connectivity index (χ1v) is 14.1. The number of hydrogen-bond acceptors (Lipinski definition) is 6. The molecule has 7 nitrogen and oxygen atoms in total. The molecule has 1 aliphatic carbocycles. The summed E-state index contributed by atoms with van der Waals surface area (Å²) in [5.41, 5.74) is 0.490. The van der Waals surface area contributed by atoms with Gasteiger partial charge in [0.15, 0.2) is 6.10 Å². The first kappa shape index (κ1) is 30.4. The molecule has 3 aromatic rings. The van der Waals surface area contributed by atoms with Crippen molar-refractivity contribution in [3.05, 3.63) is 74.6 Å². The monoisotopic (exact) mass is 608 g/mol. The van der Waals surface area contributed by atoms with Crippen molar-refractivity contribution in [1.82, 2.24) is 0 Å². The fourth-order valence-corrected chi connectivity index (χ4v) is 5.97. The number of fused-ring (bicyclic) bond motifs is 1. The van der Waals surface area contributed by atoms with Crippen molar-refractivity contribution in [2.24, 2.45) is 5.92 Å². The summed E-state index contributed by atoms with van der Waals surface area (Å²) in [7, 11) is 0. The Balaban J connectivity index is 1.42. The van der Waals surface area contributed by atoms with Gasteiger partial charge < -0.3 is 20.1 Å². The fraction of sp³-hybridized carbons (Fsp3) is 0.345. The van der Waals surface area contributed by atoms with Gasteiger partial charge in [-0.1, -0.05) is 18.5 Å². The number of amides is 2. The normalized spacial score (nSPS) is 15.4. The van der Waals surface area contributed by atoms with Crippen LogP contribution in [0, 0.1) is 5.92 Å². The van der Waals surface area contributed by atoms with E-state index in [9.17, 15) is 27.6 Å². The second kappa shape index (κ2) is 12.5. The van der Waals surface area contributed by atoms with E-state index < -0.39 is 35.6 Å².